The molecule has 0 aliphatic heterocycles. The molecule has 3 nitrogen and oxygen atoms in total. The predicted octanol–water partition coefficient (Wildman–Crippen LogP) is 25.1. The van der Waals surface area contributed by atoms with Crippen LogP contribution in [0.3, 0.4) is 0 Å². The number of nitrogens with zero attached hydrogens (tertiary/aromatic N) is 2. The summed E-state index contributed by atoms with van der Waals surface area (Å²) in [5.74, 6) is 0. The molecule has 90 heavy (non-hydrogen) atoms. The number of fused-ring (bicyclic) bond motifs is 9. The van der Waals surface area contributed by atoms with Gasteiger partial charge in [-0.15, -0.1) is 0 Å². The lowest BCUT2D eigenvalue weighted by Gasteiger charge is -2.28. The van der Waals surface area contributed by atoms with Gasteiger partial charge in [-0.05, 0) is 202 Å². The van der Waals surface area contributed by atoms with Crippen LogP contribution in [-0.2, 0) is 0 Å². The molecule has 0 spiro atoms. The first-order chi connectivity index (χ1) is 44.5. The molecule has 16 rings (SSSR count). The normalized spacial score (nSPS) is 11.6. The highest BCUT2D eigenvalue weighted by Crippen LogP contribution is 2.45. The first kappa shape index (κ1) is 53.7. The van der Waals surface area contributed by atoms with Gasteiger partial charge in [-0.1, -0.05) is 249 Å². The zero-order valence-electron chi connectivity index (χ0n) is 49.8. The van der Waals surface area contributed by atoms with Gasteiger partial charge in [0.25, 0.3) is 0 Å². The fourth-order valence-electron chi connectivity index (χ4n) is 13.5. The largest absolute Gasteiger partial charge is 0.455 e. The summed E-state index contributed by atoms with van der Waals surface area (Å²) in [6.45, 7) is 6.15. The van der Waals surface area contributed by atoms with Gasteiger partial charge in [0.15, 0.2) is 0 Å². The number of anilines is 6. The van der Waals surface area contributed by atoms with E-state index in [1.165, 1.54) is 54.6 Å². The fourth-order valence-corrected chi connectivity index (χ4v) is 13.5. The van der Waals surface area contributed by atoms with Crippen molar-refractivity contribution in [2.45, 2.75) is 6.92 Å². The summed E-state index contributed by atoms with van der Waals surface area (Å²) < 4.78 is 6.65. The summed E-state index contributed by atoms with van der Waals surface area (Å²) >= 11 is 0. The van der Waals surface area contributed by atoms with E-state index in [2.05, 4.69) is 351 Å². The monoisotopic (exact) mass is 1150 g/mol. The molecule has 3 heteroatoms. The van der Waals surface area contributed by atoms with E-state index in [1.54, 1.807) is 0 Å². The molecular weight excluding hydrogens is 1090 g/mol. The van der Waals surface area contributed by atoms with Crippen molar-refractivity contribution < 1.29 is 4.42 Å². The molecule has 0 saturated heterocycles. The molecule has 0 N–H and O–H groups in total. The highest BCUT2D eigenvalue weighted by atomic mass is 16.3. The zero-order chi connectivity index (χ0) is 60.1. The maximum atomic E-state index is 6.65. The van der Waals surface area contributed by atoms with E-state index in [9.17, 15) is 0 Å². The van der Waals surface area contributed by atoms with Crippen LogP contribution in [0.4, 0.5) is 34.1 Å². The second-order valence-corrected chi connectivity index (χ2v) is 23.2. The molecule has 0 amide bonds. The molecule has 0 fully saturated rings. The van der Waals surface area contributed by atoms with E-state index in [0.717, 1.165) is 111 Å². The van der Waals surface area contributed by atoms with Crippen molar-refractivity contribution >= 4 is 111 Å². The third kappa shape index (κ3) is 9.76. The molecule has 0 bridgehead atoms. The van der Waals surface area contributed by atoms with Crippen LogP contribution < -0.4 is 9.80 Å². The van der Waals surface area contributed by atoms with E-state index in [1.807, 2.05) is 6.08 Å². The minimum absolute atomic E-state index is 0.879. The van der Waals surface area contributed by atoms with Crippen molar-refractivity contribution in [2.75, 3.05) is 9.80 Å². The second kappa shape index (κ2) is 22.8. The van der Waals surface area contributed by atoms with Crippen LogP contribution in [0.2, 0.25) is 0 Å². The molecule has 15 aromatic carbocycles. The molecule has 1 aromatic heterocycles. The molecule has 0 saturated carbocycles. The summed E-state index contributed by atoms with van der Waals surface area (Å²) in [6, 6.07) is 115. The molecule has 16 aromatic rings. The first-order valence-corrected chi connectivity index (χ1v) is 30.8. The molecule has 0 unspecified atom stereocenters. The van der Waals surface area contributed by atoms with Crippen LogP contribution in [0, 0.1) is 0 Å². The Hall–Kier alpha value is -11.8. The summed E-state index contributed by atoms with van der Waals surface area (Å²) in [5, 5.41) is 11.9. The molecule has 1 heterocycles. The van der Waals surface area contributed by atoms with Crippen LogP contribution in [0.15, 0.2) is 333 Å². The second-order valence-electron chi connectivity index (χ2n) is 23.2. The summed E-state index contributed by atoms with van der Waals surface area (Å²) in [6.07, 6.45) is 6.20. The maximum Gasteiger partial charge on any atom is 0.143 e. The van der Waals surface area contributed by atoms with E-state index in [4.69, 9.17) is 4.42 Å². The summed E-state index contributed by atoms with van der Waals surface area (Å²) in [4.78, 5) is 4.79. The lowest BCUT2D eigenvalue weighted by molar-refractivity contribution is 0.673. The third-order valence-corrected chi connectivity index (χ3v) is 17.9. The summed E-state index contributed by atoms with van der Waals surface area (Å²) in [5.41, 5.74) is 21.9. The SMILES string of the molecule is C=Cc1cccc(-c2ccc(-c3ccc(N(c4ccc(-c5cccc6oc7c8ccccc8ccc7c56)cc4)c4cccc(-c5cccc(N(c6cccc(-c7ccc8ccccc8c7)c6)c6ccc7c(ccc8ccccc87)c6)c5)c4)cc3)cc2)c1/C=C\C. The van der Waals surface area contributed by atoms with Gasteiger partial charge >= 0.3 is 0 Å². The number of furan rings is 1. The minimum Gasteiger partial charge on any atom is -0.455 e. The first-order valence-electron chi connectivity index (χ1n) is 30.8. The van der Waals surface area contributed by atoms with Gasteiger partial charge in [-0.3, -0.25) is 0 Å². The maximum absolute atomic E-state index is 6.65. The Balaban J connectivity index is 0.792. The standard InChI is InChI=1S/C87H60N2O/c1-3-16-78-58(4-2)21-14-30-80(78)64-36-33-60(34-37-64)61-41-46-72(47-42-61)88(73-48-43-65(44-49-73)82-31-15-32-85-86(82)84-51-45-63-19-8-10-29-83(63)87(84)90-85)74-25-11-22-67(54-74)68-23-12-26-75(55-68)89(77-50-52-81-71(57-77)40-38-62-18-7-9-28-79(62)81)76-27-13-24-69(56-76)70-39-35-59-17-5-6-20-66(59)53-70/h3-57H,2H2,1H3/b16-3-. The van der Waals surface area contributed by atoms with Crippen molar-refractivity contribution in [2.24, 2.45) is 0 Å². The van der Waals surface area contributed by atoms with Crippen molar-refractivity contribution in [1.82, 2.24) is 0 Å². The average Bonchev–Trinajstić information content (AvgIpc) is 1.64. The molecule has 0 radical (unpaired) electrons. The van der Waals surface area contributed by atoms with E-state index >= 15 is 0 Å². The van der Waals surface area contributed by atoms with Gasteiger partial charge in [0.1, 0.15) is 11.2 Å². The number of hydrogen-bond donors (Lipinski definition) is 0. The molecular formula is C87H60N2O. The Labute approximate surface area is 524 Å². The number of hydrogen-bond acceptors (Lipinski definition) is 3. The molecule has 424 valence electrons. The van der Waals surface area contributed by atoms with Crippen LogP contribution in [0.1, 0.15) is 18.1 Å². The highest BCUT2D eigenvalue weighted by Gasteiger charge is 2.20. The van der Waals surface area contributed by atoms with Crippen molar-refractivity contribution in [3.05, 3.63) is 339 Å². The van der Waals surface area contributed by atoms with E-state index in [0.29, 0.717) is 0 Å². The van der Waals surface area contributed by atoms with Gasteiger partial charge in [-0.2, -0.15) is 0 Å². The zero-order valence-corrected chi connectivity index (χ0v) is 49.8. The van der Waals surface area contributed by atoms with Crippen LogP contribution in [0.5, 0.6) is 0 Å². The quantitative estimate of drug-likeness (QED) is 0.107. The average molecular weight is 1150 g/mol. The topological polar surface area (TPSA) is 19.6 Å². The molecule has 0 atom stereocenters. The summed E-state index contributed by atoms with van der Waals surface area (Å²) in [7, 11) is 0. The Bertz CT molecular complexity index is 5460. The Morgan fingerprint density at radius 1 is 0.300 bits per heavy atom. The Morgan fingerprint density at radius 3 is 1.41 bits per heavy atom. The van der Waals surface area contributed by atoms with Gasteiger partial charge in [-0.25, -0.2) is 0 Å². The Morgan fingerprint density at radius 2 is 0.744 bits per heavy atom. The van der Waals surface area contributed by atoms with Crippen molar-refractivity contribution in [3.8, 4) is 55.6 Å². The van der Waals surface area contributed by atoms with Crippen molar-refractivity contribution in [3.63, 3.8) is 0 Å². The van der Waals surface area contributed by atoms with Gasteiger partial charge in [0, 0.05) is 50.3 Å². The number of allylic oxidation sites excluding steroid dienone is 1. The smallest absolute Gasteiger partial charge is 0.143 e. The van der Waals surface area contributed by atoms with Crippen LogP contribution in [-0.4, -0.2) is 0 Å². The minimum atomic E-state index is 0.879. The third-order valence-electron chi connectivity index (χ3n) is 17.9. The number of rotatable bonds is 13. The lowest BCUT2D eigenvalue weighted by Crippen LogP contribution is -2.10. The number of benzene rings is 15. The lowest BCUT2D eigenvalue weighted by atomic mass is 9.93. The predicted molar refractivity (Wildman–Crippen MR) is 385 cm³/mol. The van der Waals surface area contributed by atoms with Gasteiger partial charge in [0.05, 0.1) is 0 Å². The van der Waals surface area contributed by atoms with Gasteiger partial charge < -0.3 is 14.2 Å². The van der Waals surface area contributed by atoms with Crippen LogP contribution in [0.25, 0.3) is 133 Å². The molecule has 0 aliphatic rings. The molecule has 0 aliphatic carbocycles. The highest BCUT2D eigenvalue weighted by molar-refractivity contribution is 6.19. The Kier molecular flexibility index (Phi) is 13.6. The fraction of sp³-hybridized carbons (Fsp3) is 0.0115. The van der Waals surface area contributed by atoms with E-state index in [-0.39, 0.29) is 0 Å². The van der Waals surface area contributed by atoms with Gasteiger partial charge in [0.2, 0.25) is 0 Å². The van der Waals surface area contributed by atoms with Crippen LogP contribution >= 0.6 is 0 Å². The van der Waals surface area contributed by atoms with Crippen molar-refractivity contribution in [1.29, 1.82) is 0 Å². The van der Waals surface area contributed by atoms with E-state index < -0.39 is 0 Å².